The zero-order valence-corrected chi connectivity index (χ0v) is 15.7. The molecule has 0 amide bonds. The Hall–Kier alpha value is -1.90. The van der Waals surface area contributed by atoms with E-state index >= 15 is 0 Å². The quantitative estimate of drug-likeness (QED) is 0.523. The molecule has 2 nitrogen and oxygen atoms in total. The summed E-state index contributed by atoms with van der Waals surface area (Å²) in [5.41, 5.74) is 5.76. The van der Waals surface area contributed by atoms with E-state index in [-0.39, 0.29) is 12.1 Å². The second kappa shape index (κ2) is 10.9. The zero-order valence-electron chi connectivity index (χ0n) is 15.7. The molecule has 0 spiro atoms. The molecule has 0 aromatic heterocycles. The Morgan fingerprint density at radius 2 is 1.60 bits per heavy atom. The van der Waals surface area contributed by atoms with Crippen LogP contribution in [-0.2, 0) is 4.84 Å². The van der Waals surface area contributed by atoms with Gasteiger partial charge in [-0.25, -0.2) is 0 Å². The van der Waals surface area contributed by atoms with Crippen LogP contribution in [0.3, 0.4) is 0 Å². The molecule has 2 heteroatoms. The van der Waals surface area contributed by atoms with Gasteiger partial charge in [-0.15, -0.1) is 0 Å². The minimum atomic E-state index is 0.0889. The summed E-state index contributed by atoms with van der Waals surface area (Å²) in [5, 5.41) is 0. The Labute approximate surface area is 152 Å². The van der Waals surface area contributed by atoms with Gasteiger partial charge in [-0.2, -0.15) is 5.48 Å². The summed E-state index contributed by atoms with van der Waals surface area (Å²) < 4.78 is 0. The molecular formula is C23H31NO. The number of rotatable bonds is 10. The van der Waals surface area contributed by atoms with Gasteiger partial charge in [0, 0.05) is 0 Å². The normalized spacial score (nSPS) is 14.1. The van der Waals surface area contributed by atoms with Crippen molar-refractivity contribution in [2.45, 2.75) is 52.2 Å². The van der Waals surface area contributed by atoms with Crippen LogP contribution in [0.2, 0.25) is 0 Å². The summed E-state index contributed by atoms with van der Waals surface area (Å²) in [6.45, 7) is 6.68. The summed E-state index contributed by atoms with van der Waals surface area (Å²) in [7, 11) is 0. The SMILES string of the molecule is CCCC(ONC(/C=C/c1ccccc1)CC(C)C)c1ccccc1. The largest absolute Gasteiger partial charge is 0.293 e. The fourth-order valence-corrected chi connectivity index (χ4v) is 2.86. The van der Waals surface area contributed by atoms with Gasteiger partial charge in [0.2, 0.25) is 0 Å². The van der Waals surface area contributed by atoms with Crippen LogP contribution in [0.4, 0.5) is 0 Å². The Morgan fingerprint density at radius 3 is 2.20 bits per heavy atom. The van der Waals surface area contributed by atoms with Gasteiger partial charge in [0.15, 0.2) is 0 Å². The molecule has 2 unspecified atom stereocenters. The number of hydrogen-bond donors (Lipinski definition) is 1. The lowest BCUT2D eigenvalue weighted by Crippen LogP contribution is -2.30. The fraction of sp³-hybridized carbons (Fsp3) is 0.391. The highest BCUT2D eigenvalue weighted by atomic mass is 16.7. The lowest BCUT2D eigenvalue weighted by molar-refractivity contribution is -0.0449. The van der Waals surface area contributed by atoms with Crippen molar-refractivity contribution in [2.75, 3.05) is 0 Å². The van der Waals surface area contributed by atoms with Crippen molar-refractivity contribution in [1.82, 2.24) is 5.48 Å². The third-order valence-corrected chi connectivity index (χ3v) is 4.13. The molecular weight excluding hydrogens is 306 g/mol. The first kappa shape index (κ1) is 19.4. The first-order valence-electron chi connectivity index (χ1n) is 9.38. The van der Waals surface area contributed by atoms with Crippen LogP contribution in [0.1, 0.15) is 57.3 Å². The van der Waals surface area contributed by atoms with Crippen molar-refractivity contribution in [3.05, 3.63) is 77.9 Å². The Balaban J connectivity index is 2.01. The minimum Gasteiger partial charge on any atom is -0.293 e. The maximum atomic E-state index is 6.12. The summed E-state index contributed by atoms with van der Waals surface area (Å²) in [6.07, 6.45) is 7.61. The molecule has 2 atom stereocenters. The monoisotopic (exact) mass is 337 g/mol. The first-order chi connectivity index (χ1) is 12.2. The van der Waals surface area contributed by atoms with Crippen LogP contribution in [-0.4, -0.2) is 6.04 Å². The predicted octanol–water partition coefficient (Wildman–Crippen LogP) is 6.18. The molecule has 0 aliphatic rings. The third kappa shape index (κ3) is 7.25. The molecule has 0 radical (unpaired) electrons. The van der Waals surface area contributed by atoms with Crippen molar-refractivity contribution >= 4 is 6.08 Å². The fourth-order valence-electron chi connectivity index (χ4n) is 2.86. The Morgan fingerprint density at radius 1 is 0.960 bits per heavy atom. The molecule has 2 aromatic rings. The number of hydrogen-bond acceptors (Lipinski definition) is 2. The second-order valence-electron chi connectivity index (χ2n) is 6.93. The van der Waals surface area contributed by atoms with Crippen molar-refractivity contribution in [1.29, 1.82) is 0 Å². The van der Waals surface area contributed by atoms with E-state index < -0.39 is 0 Å². The van der Waals surface area contributed by atoms with Gasteiger partial charge >= 0.3 is 0 Å². The van der Waals surface area contributed by atoms with Crippen LogP contribution in [0.15, 0.2) is 66.7 Å². The Bertz CT molecular complexity index is 607. The van der Waals surface area contributed by atoms with Crippen molar-refractivity contribution < 1.29 is 4.84 Å². The smallest absolute Gasteiger partial charge is 0.104 e. The molecule has 0 fully saturated rings. The molecule has 0 saturated carbocycles. The molecule has 0 aliphatic heterocycles. The molecule has 134 valence electrons. The lowest BCUT2D eigenvalue weighted by Gasteiger charge is -2.23. The highest BCUT2D eigenvalue weighted by molar-refractivity contribution is 5.49. The molecule has 1 N–H and O–H groups in total. The van der Waals surface area contributed by atoms with E-state index in [0.717, 1.165) is 19.3 Å². The lowest BCUT2D eigenvalue weighted by atomic mass is 10.0. The van der Waals surface area contributed by atoms with E-state index in [1.54, 1.807) is 0 Å². The van der Waals surface area contributed by atoms with Gasteiger partial charge in [-0.05, 0) is 29.9 Å². The van der Waals surface area contributed by atoms with E-state index in [1.165, 1.54) is 11.1 Å². The third-order valence-electron chi connectivity index (χ3n) is 4.13. The van der Waals surface area contributed by atoms with E-state index in [0.29, 0.717) is 5.92 Å². The highest BCUT2D eigenvalue weighted by Gasteiger charge is 2.14. The average Bonchev–Trinajstić information content (AvgIpc) is 2.64. The van der Waals surface area contributed by atoms with Gasteiger partial charge in [0.1, 0.15) is 6.10 Å². The molecule has 0 heterocycles. The molecule has 0 bridgehead atoms. The van der Waals surface area contributed by atoms with E-state index in [1.807, 2.05) is 12.1 Å². The maximum absolute atomic E-state index is 6.12. The van der Waals surface area contributed by atoms with E-state index in [9.17, 15) is 0 Å². The molecule has 25 heavy (non-hydrogen) atoms. The van der Waals surface area contributed by atoms with Crippen LogP contribution in [0, 0.1) is 5.92 Å². The summed E-state index contributed by atoms with van der Waals surface area (Å²) in [5.74, 6) is 0.600. The topological polar surface area (TPSA) is 21.3 Å². The van der Waals surface area contributed by atoms with E-state index in [2.05, 4.69) is 86.9 Å². The van der Waals surface area contributed by atoms with Crippen LogP contribution in [0.25, 0.3) is 6.08 Å². The standard InChI is InChI=1S/C23H31NO/c1-4-11-23(21-14-9-6-10-15-21)25-24-22(18-19(2)3)17-16-20-12-7-5-8-13-20/h5-10,12-17,19,22-24H,4,11,18H2,1-3H3/b17-16+. The van der Waals surface area contributed by atoms with Crippen molar-refractivity contribution in [3.63, 3.8) is 0 Å². The number of nitrogens with one attached hydrogen (secondary N) is 1. The highest BCUT2D eigenvalue weighted by Crippen LogP contribution is 2.22. The van der Waals surface area contributed by atoms with Crippen LogP contribution >= 0.6 is 0 Å². The van der Waals surface area contributed by atoms with Crippen molar-refractivity contribution in [2.24, 2.45) is 5.92 Å². The van der Waals surface area contributed by atoms with Crippen LogP contribution < -0.4 is 5.48 Å². The second-order valence-corrected chi connectivity index (χ2v) is 6.93. The predicted molar refractivity (Wildman–Crippen MR) is 107 cm³/mol. The van der Waals surface area contributed by atoms with Gasteiger partial charge in [0.05, 0.1) is 6.04 Å². The number of hydroxylamine groups is 1. The molecule has 2 rings (SSSR count). The van der Waals surface area contributed by atoms with Crippen molar-refractivity contribution in [3.8, 4) is 0 Å². The average molecular weight is 338 g/mol. The minimum absolute atomic E-state index is 0.0889. The number of benzene rings is 2. The van der Waals surface area contributed by atoms with Crippen LogP contribution in [0.5, 0.6) is 0 Å². The van der Waals surface area contributed by atoms with Gasteiger partial charge in [-0.1, -0.05) is 100 Å². The zero-order chi connectivity index (χ0) is 17.9. The molecule has 0 aliphatic carbocycles. The Kier molecular flexibility index (Phi) is 8.44. The molecule has 2 aromatic carbocycles. The first-order valence-corrected chi connectivity index (χ1v) is 9.38. The maximum Gasteiger partial charge on any atom is 0.104 e. The van der Waals surface area contributed by atoms with Gasteiger partial charge in [0.25, 0.3) is 0 Å². The summed E-state index contributed by atoms with van der Waals surface area (Å²) >= 11 is 0. The summed E-state index contributed by atoms with van der Waals surface area (Å²) in [4.78, 5) is 6.12. The molecule has 0 saturated heterocycles. The van der Waals surface area contributed by atoms with Gasteiger partial charge in [-0.3, -0.25) is 4.84 Å². The van der Waals surface area contributed by atoms with Gasteiger partial charge < -0.3 is 0 Å². The van der Waals surface area contributed by atoms with E-state index in [4.69, 9.17) is 4.84 Å². The summed E-state index contributed by atoms with van der Waals surface area (Å²) in [6, 6.07) is 21.1.